The number of hydrogen-bond donors (Lipinski definition) is 4. The molecular formula is C113H158N12O12. The number of methoxy groups -OCH3 is 3. The molecule has 24 heteroatoms. The third-order valence-electron chi connectivity index (χ3n) is 42.6. The van der Waals surface area contributed by atoms with Gasteiger partial charge in [-0.2, -0.15) is 20.1 Å². The van der Waals surface area contributed by atoms with Crippen LogP contribution in [0.3, 0.4) is 0 Å². The summed E-state index contributed by atoms with van der Waals surface area (Å²) < 4.78 is 27.1. The predicted molar refractivity (Wildman–Crippen MR) is 524 cm³/mol. The first-order chi connectivity index (χ1) is 66.1. The van der Waals surface area contributed by atoms with Crippen molar-refractivity contribution in [3.05, 3.63) is 97.3 Å². The van der Waals surface area contributed by atoms with Gasteiger partial charge in [-0.05, 0) is 427 Å². The standard InChI is InChI=1S/C29H41N3O3.3C28H39N3O3/c1-3-35-18-29(34)15-13-20-19(16-29)8-9-22-21(20)12-14-28(2)23(22)10-11-24(28)27(33)17-32-26-7-5-4-6-25(26)30-31-32;1-27-11-9-20-19-10-12-28(33,17-34-2)14-18(19)5-6-21(20)22(27)7-8-23(27)26(32)16-31-25-4-3-13-29-24(25)15-30-31;1-27-13-11-20-19-12-14-28(33,17-34-2)15-18(19)7-8-21(20)22(27)9-10-23(27)26(32)16-31-25-6-4-3-5-24(25)29-30-31;1-27-13-11-20-19-12-14-28(33,17-34-2)15-18(19)7-8-21(20)22(27)9-10-23(27)26(32)16-31-29-24-5-3-4-6-25(24)30-31/h4-7,19-24,34H,3,8-18H2,1-2H3;3-4,13,15,18-23,33H,5-12,14,16-17H2,1-2H3;2*3-6,18-23,33H,7-17H2,1-2H3/t19-,20-,21+,22+,23-,24+,28-,29+;3*18-,19-,20+,21+,22-,23+,27-,28+/m0000/s1. The van der Waals surface area contributed by atoms with E-state index in [4.69, 9.17) is 18.9 Å². The van der Waals surface area contributed by atoms with Crippen LogP contribution in [0.1, 0.15) is 266 Å². The summed E-state index contributed by atoms with van der Waals surface area (Å²) in [6.45, 7) is 15.6. The monoisotopic (exact) mass is 1880 g/mol. The zero-order valence-corrected chi connectivity index (χ0v) is 83.3. The number of carbonyl (C=O) groups excluding carboxylic acids is 4. The van der Waals surface area contributed by atoms with Crippen molar-refractivity contribution < 1.29 is 58.6 Å². The van der Waals surface area contributed by atoms with Crippen LogP contribution in [0.5, 0.6) is 0 Å². The molecule has 24 rings (SSSR count). The lowest BCUT2D eigenvalue weighted by molar-refractivity contribution is -0.138. The van der Waals surface area contributed by atoms with Crippen molar-refractivity contribution >= 4 is 67.3 Å². The Hall–Kier alpha value is -7.16. The highest BCUT2D eigenvalue weighted by atomic mass is 16.5. The molecule has 0 unspecified atom stereocenters. The molecule has 3 aromatic carbocycles. The first-order valence-corrected chi connectivity index (χ1v) is 54.3. The zero-order chi connectivity index (χ0) is 94.7. The van der Waals surface area contributed by atoms with E-state index in [1.165, 1.54) is 122 Å². The lowest BCUT2D eigenvalue weighted by Gasteiger charge is -2.57. The van der Waals surface area contributed by atoms with Gasteiger partial charge in [-0.15, -0.1) is 10.2 Å². The second kappa shape index (κ2) is 38.5. The maximum atomic E-state index is 13.6. The Morgan fingerprint density at radius 2 is 0.642 bits per heavy atom. The number of hydrogen-bond acceptors (Lipinski definition) is 20. The Morgan fingerprint density at radius 3 is 0.993 bits per heavy atom. The minimum atomic E-state index is -0.623. The summed E-state index contributed by atoms with van der Waals surface area (Å²) in [5.74, 6) is 16.2. The lowest BCUT2D eigenvalue weighted by atomic mass is 9.49. The van der Waals surface area contributed by atoms with Crippen molar-refractivity contribution in [1.82, 2.24) is 59.7 Å². The molecule has 16 fully saturated rings. The van der Waals surface area contributed by atoms with E-state index < -0.39 is 22.4 Å². The molecule has 32 atom stereocenters. The number of Topliss-reactive ketones (excluding diaryl/α,β-unsaturated/α-hetero) is 4. The fourth-order valence-electron chi connectivity index (χ4n) is 36.7. The molecule has 5 heterocycles. The normalized spacial score (nSPS) is 41.4. The summed E-state index contributed by atoms with van der Waals surface area (Å²) in [7, 11) is 5.10. The van der Waals surface area contributed by atoms with E-state index in [-0.39, 0.29) is 45.3 Å². The number of aromatic nitrogens is 12. The van der Waals surface area contributed by atoms with E-state index in [2.05, 4.69) is 68.6 Å². The van der Waals surface area contributed by atoms with Gasteiger partial charge < -0.3 is 39.4 Å². The van der Waals surface area contributed by atoms with Crippen LogP contribution in [0.2, 0.25) is 0 Å². The summed E-state index contributed by atoms with van der Waals surface area (Å²) in [5, 5.41) is 74.7. The van der Waals surface area contributed by atoms with Crippen LogP contribution < -0.4 is 0 Å². The minimum absolute atomic E-state index is 0.114. The van der Waals surface area contributed by atoms with Gasteiger partial charge in [0.1, 0.15) is 53.8 Å². The number of pyridine rings is 1. The number of rotatable bonds is 21. The van der Waals surface area contributed by atoms with Gasteiger partial charge in [-0.3, -0.25) is 28.8 Å². The molecule has 742 valence electrons. The van der Waals surface area contributed by atoms with Crippen molar-refractivity contribution in [3.8, 4) is 0 Å². The maximum absolute atomic E-state index is 13.6. The molecule has 16 aliphatic rings. The Bertz CT molecular complexity index is 5420. The molecule has 4 N–H and O–H groups in total. The van der Waals surface area contributed by atoms with Crippen molar-refractivity contribution in [3.63, 3.8) is 0 Å². The second-order valence-corrected chi connectivity index (χ2v) is 49.0. The number of ether oxygens (including phenoxy) is 4. The first kappa shape index (κ1) is 96.0. The van der Waals surface area contributed by atoms with E-state index in [9.17, 15) is 39.6 Å². The van der Waals surface area contributed by atoms with Gasteiger partial charge in [-0.1, -0.05) is 74.5 Å². The van der Waals surface area contributed by atoms with Crippen molar-refractivity contribution in [2.45, 2.75) is 314 Å². The van der Waals surface area contributed by atoms with Crippen LogP contribution in [-0.2, 0) is 64.3 Å². The molecule has 24 nitrogen and oxygen atoms in total. The van der Waals surface area contributed by atoms with Crippen LogP contribution in [0, 0.1) is 164 Å². The quantitative estimate of drug-likeness (QED) is 0.0519. The Labute approximate surface area is 810 Å². The summed E-state index contributed by atoms with van der Waals surface area (Å²) in [4.78, 5) is 60.4. The van der Waals surface area contributed by atoms with Crippen LogP contribution in [-0.4, -0.2) is 180 Å². The fourth-order valence-corrected chi connectivity index (χ4v) is 36.7. The van der Waals surface area contributed by atoms with Crippen LogP contribution >= 0.6 is 0 Å². The number of para-hydroxylation sites is 2. The van der Waals surface area contributed by atoms with Gasteiger partial charge in [-0.25, -0.2) is 9.36 Å². The summed E-state index contributed by atoms with van der Waals surface area (Å²) >= 11 is 0. The number of nitrogens with zero attached hydrogens (tertiary/aromatic N) is 12. The summed E-state index contributed by atoms with van der Waals surface area (Å²) in [5.41, 5.74) is 5.10. The van der Waals surface area contributed by atoms with Crippen molar-refractivity contribution in [2.75, 3.05) is 54.4 Å². The largest absolute Gasteiger partial charge is 0.387 e. The molecule has 16 aliphatic carbocycles. The second-order valence-electron chi connectivity index (χ2n) is 49.0. The molecule has 16 saturated carbocycles. The fraction of sp³-hybridized carbons (Fsp3) is 0.752. The predicted octanol–water partition coefficient (Wildman–Crippen LogP) is 19.0. The molecule has 5 aromatic heterocycles. The smallest absolute Gasteiger partial charge is 0.159 e. The molecular weight excluding hydrogens is 1720 g/mol. The van der Waals surface area contributed by atoms with E-state index >= 15 is 0 Å². The maximum Gasteiger partial charge on any atom is 0.159 e. The number of benzene rings is 3. The highest BCUT2D eigenvalue weighted by Gasteiger charge is 2.65. The van der Waals surface area contributed by atoms with Gasteiger partial charge in [0, 0.05) is 57.8 Å². The topological polar surface area (TPSA) is 309 Å². The van der Waals surface area contributed by atoms with Crippen LogP contribution in [0.4, 0.5) is 0 Å². The molecule has 0 aliphatic heterocycles. The van der Waals surface area contributed by atoms with E-state index in [0.29, 0.717) is 130 Å². The average Bonchev–Trinajstić information content (AvgIpc) is 1.30. The van der Waals surface area contributed by atoms with E-state index in [1.807, 2.05) is 96.5 Å². The highest BCUT2D eigenvalue weighted by Crippen LogP contribution is 2.71. The Morgan fingerprint density at radius 1 is 0.336 bits per heavy atom. The van der Waals surface area contributed by atoms with Crippen LogP contribution in [0.15, 0.2) is 97.3 Å². The molecule has 0 radical (unpaired) electrons. The number of aliphatic hydroxyl groups is 4. The number of ketones is 4. The summed E-state index contributed by atoms with van der Waals surface area (Å²) in [6.07, 6.45) is 43.7. The molecule has 0 bridgehead atoms. The lowest BCUT2D eigenvalue weighted by Crippen LogP contribution is -2.52. The molecule has 0 saturated heterocycles. The third-order valence-corrected chi connectivity index (χ3v) is 42.6. The van der Waals surface area contributed by atoms with Crippen molar-refractivity contribution in [2.24, 2.45) is 164 Å². The zero-order valence-electron chi connectivity index (χ0n) is 83.3. The molecule has 0 amide bonds. The van der Waals surface area contributed by atoms with Gasteiger partial charge in [0.2, 0.25) is 0 Å². The van der Waals surface area contributed by atoms with Gasteiger partial charge in [0.15, 0.2) is 23.1 Å². The van der Waals surface area contributed by atoms with Gasteiger partial charge in [0.25, 0.3) is 0 Å². The highest BCUT2D eigenvalue weighted by molar-refractivity contribution is 5.87. The Balaban J connectivity index is 0.000000109. The SMILES string of the molecule is CCOC[C@@]1(O)CC[C@H]2[C@@H](CC[C@@H]3[C@@H]2CC[C@]2(C)[C@@H](C(=O)Cn4nnc5ccccc54)CC[C@@H]32)C1.COC[C@@]1(O)CC[C@H]2[C@@H](CC[C@@H]3[C@@H]2CC[C@]2(C)[C@@H](C(=O)Cn4nc5ccccc5n4)CC[C@@H]32)C1.COC[C@@]1(O)CC[C@H]2[C@@H](CC[C@@H]3[C@@H]2CC[C@]2(C)[C@@H](C(=O)Cn4ncc5ncccc54)CC[C@@H]32)C1.COC[C@@]1(O)CC[C@H]2[C@@H](CC[C@@H]3[C@@H]2CC[C@]2(C)[C@@H](C(=O)Cn4nnc5ccccc54)CC[C@@H]32)C1. The summed E-state index contributed by atoms with van der Waals surface area (Å²) in [6, 6.07) is 27.6. The van der Waals surface area contributed by atoms with Gasteiger partial charge >= 0.3 is 0 Å². The molecule has 137 heavy (non-hydrogen) atoms. The van der Waals surface area contributed by atoms with Gasteiger partial charge in [0.05, 0.1) is 71.6 Å². The average molecular weight is 1880 g/mol. The van der Waals surface area contributed by atoms with Crippen molar-refractivity contribution in [1.29, 1.82) is 0 Å². The first-order valence-electron chi connectivity index (χ1n) is 54.3. The Kier molecular flexibility index (Phi) is 27.0. The number of carbonyl (C=O) groups is 4. The van der Waals surface area contributed by atoms with E-state index in [1.54, 1.807) is 47.9 Å². The molecule has 0 spiro atoms. The minimum Gasteiger partial charge on any atom is -0.387 e. The third kappa shape index (κ3) is 17.8. The number of fused-ring (bicyclic) bond motifs is 24. The van der Waals surface area contributed by atoms with Crippen LogP contribution in [0.25, 0.3) is 44.1 Å². The van der Waals surface area contributed by atoms with E-state index in [0.717, 1.165) is 224 Å². The molecule has 8 aromatic rings.